The van der Waals surface area contributed by atoms with E-state index in [1.807, 2.05) is 20.8 Å². The van der Waals surface area contributed by atoms with Crippen LogP contribution in [0.15, 0.2) is 35.2 Å². The summed E-state index contributed by atoms with van der Waals surface area (Å²) in [6.07, 6.45) is 0. The molecule has 0 aliphatic heterocycles. The third-order valence-corrected chi connectivity index (χ3v) is 7.52. The van der Waals surface area contributed by atoms with Gasteiger partial charge in [0.1, 0.15) is 10.6 Å². The Hall–Kier alpha value is -2.38. The van der Waals surface area contributed by atoms with Gasteiger partial charge in [0, 0.05) is 18.7 Å². The van der Waals surface area contributed by atoms with Crippen molar-refractivity contribution in [2.24, 2.45) is 0 Å². The molecular weight excluding hydrogens is 400 g/mol. The van der Waals surface area contributed by atoms with E-state index >= 15 is 0 Å². The number of nitrogens with one attached hydrogen (secondary N) is 1. The van der Waals surface area contributed by atoms with E-state index in [1.54, 1.807) is 19.9 Å². The van der Waals surface area contributed by atoms with E-state index < -0.39 is 10.0 Å². The van der Waals surface area contributed by atoms with Crippen LogP contribution < -0.4 is 10.1 Å². The average Bonchev–Trinajstić information content (AvgIpc) is 2.70. The van der Waals surface area contributed by atoms with Crippen molar-refractivity contribution in [2.45, 2.75) is 52.5 Å². The van der Waals surface area contributed by atoms with Crippen LogP contribution in [-0.2, 0) is 10.0 Å². The average molecular weight is 433 g/mol. The number of amides is 1. The van der Waals surface area contributed by atoms with Crippen LogP contribution in [0.4, 0.5) is 0 Å². The summed E-state index contributed by atoms with van der Waals surface area (Å²) in [5.74, 6) is -0.115. The Morgan fingerprint density at radius 1 is 1.03 bits per heavy atom. The molecule has 0 saturated carbocycles. The molecule has 2 rings (SSSR count). The summed E-state index contributed by atoms with van der Waals surface area (Å²) in [7, 11) is -2.35. The first-order valence-corrected chi connectivity index (χ1v) is 11.6. The topological polar surface area (TPSA) is 75.7 Å². The summed E-state index contributed by atoms with van der Waals surface area (Å²) in [4.78, 5) is 12.9. The Kier molecular flexibility index (Phi) is 7.66. The van der Waals surface area contributed by atoms with Gasteiger partial charge >= 0.3 is 0 Å². The number of sulfonamides is 1. The zero-order valence-electron chi connectivity index (χ0n) is 18.9. The molecule has 0 heterocycles. The second-order valence-corrected chi connectivity index (χ2v) is 9.35. The number of hydrogen-bond donors (Lipinski definition) is 1. The summed E-state index contributed by atoms with van der Waals surface area (Å²) < 4.78 is 32.6. The predicted molar refractivity (Wildman–Crippen MR) is 120 cm³/mol. The van der Waals surface area contributed by atoms with E-state index in [4.69, 9.17) is 4.74 Å². The highest BCUT2D eigenvalue weighted by molar-refractivity contribution is 7.89. The minimum atomic E-state index is -3.77. The molecule has 0 bridgehead atoms. The Labute approximate surface area is 180 Å². The lowest BCUT2D eigenvalue weighted by molar-refractivity contribution is 0.0939. The van der Waals surface area contributed by atoms with Crippen molar-refractivity contribution in [3.63, 3.8) is 0 Å². The van der Waals surface area contributed by atoms with Gasteiger partial charge in [-0.2, -0.15) is 4.31 Å². The number of ether oxygens (including phenoxy) is 1. The van der Waals surface area contributed by atoms with E-state index in [2.05, 4.69) is 24.4 Å². The van der Waals surface area contributed by atoms with Gasteiger partial charge in [0.15, 0.2) is 0 Å². The molecule has 2 aromatic carbocycles. The highest BCUT2D eigenvalue weighted by Gasteiger charge is 2.27. The summed E-state index contributed by atoms with van der Waals surface area (Å²) >= 11 is 0. The van der Waals surface area contributed by atoms with Gasteiger partial charge in [-0.05, 0) is 68.1 Å². The molecule has 0 aliphatic rings. The summed E-state index contributed by atoms with van der Waals surface area (Å²) in [5, 5.41) is 2.99. The smallest absolute Gasteiger partial charge is 0.251 e. The van der Waals surface area contributed by atoms with Gasteiger partial charge in [-0.15, -0.1) is 0 Å². The van der Waals surface area contributed by atoms with Crippen molar-refractivity contribution in [3.05, 3.63) is 58.1 Å². The molecule has 1 atom stereocenters. The van der Waals surface area contributed by atoms with Gasteiger partial charge in [-0.25, -0.2) is 8.42 Å². The molecule has 2 aromatic rings. The van der Waals surface area contributed by atoms with Crippen LogP contribution >= 0.6 is 0 Å². The number of aryl methyl sites for hydroxylation is 3. The highest BCUT2D eigenvalue weighted by Crippen LogP contribution is 2.28. The molecule has 6 nitrogen and oxygen atoms in total. The molecule has 1 amide bonds. The van der Waals surface area contributed by atoms with Gasteiger partial charge in [-0.3, -0.25) is 4.79 Å². The van der Waals surface area contributed by atoms with Gasteiger partial charge in [0.05, 0.1) is 13.2 Å². The van der Waals surface area contributed by atoms with E-state index in [1.165, 1.54) is 29.1 Å². The van der Waals surface area contributed by atoms with Crippen molar-refractivity contribution in [1.29, 1.82) is 0 Å². The molecule has 0 aromatic heterocycles. The normalized spacial score (nSPS) is 12.7. The number of rotatable bonds is 8. The molecule has 0 unspecified atom stereocenters. The summed E-state index contributed by atoms with van der Waals surface area (Å²) in [6.45, 7) is 12.3. The Bertz CT molecular complexity index is 1030. The monoisotopic (exact) mass is 432 g/mol. The lowest BCUT2D eigenvalue weighted by Crippen LogP contribution is -2.31. The van der Waals surface area contributed by atoms with Crippen molar-refractivity contribution in [1.82, 2.24) is 9.62 Å². The fraction of sp³-hybridized carbons (Fsp3) is 0.435. The molecule has 0 radical (unpaired) electrons. The number of carbonyl (C=O) groups excluding carboxylic acids is 1. The summed E-state index contributed by atoms with van der Waals surface area (Å²) in [6, 6.07) is 8.46. The SMILES string of the molecule is CCN(CC)S(=O)(=O)c1cc(C(=O)N[C@@H](C)c2cc(C)c(C)cc2C)ccc1OC. The third-order valence-electron chi connectivity index (χ3n) is 5.45. The van der Waals surface area contributed by atoms with Crippen LogP contribution in [0, 0.1) is 20.8 Å². The molecule has 30 heavy (non-hydrogen) atoms. The first-order chi connectivity index (χ1) is 14.1. The zero-order valence-corrected chi connectivity index (χ0v) is 19.7. The Balaban J connectivity index is 2.38. The van der Waals surface area contributed by atoms with Crippen LogP contribution in [0.1, 0.15) is 59.4 Å². The molecule has 0 spiro atoms. The Morgan fingerprint density at radius 3 is 2.20 bits per heavy atom. The van der Waals surface area contributed by atoms with Crippen molar-refractivity contribution < 1.29 is 17.9 Å². The number of carbonyl (C=O) groups is 1. The van der Waals surface area contributed by atoms with E-state index in [-0.39, 0.29) is 28.2 Å². The van der Waals surface area contributed by atoms with Crippen LogP contribution in [0.2, 0.25) is 0 Å². The van der Waals surface area contributed by atoms with Crippen LogP contribution in [0.5, 0.6) is 5.75 Å². The van der Waals surface area contributed by atoms with Gasteiger partial charge in [0.2, 0.25) is 10.0 Å². The first kappa shape index (κ1) is 23.9. The van der Waals surface area contributed by atoms with Crippen LogP contribution in [0.25, 0.3) is 0 Å². The van der Waals surface area contributed by atoms with E-state index in [9.17, 15) is 13.2 Å². The standard InChI is InChI=1S/C23H32N2O4S/c1-8-25(9-2)30(27,28)22-14-19(10-11-21(22)29-7)23(26)24-18(6)20-13-16(4)15(3)12-17(20)5/h10-14,18H,8-9H2,1-7H3,(H,24,26)/t18-/m0/s1. The molecule has 0 fully saturated rings. The van der Waals surface area contributed by atoms with Crippen molar-refractivity contribution in [2.75, 3.05) is 20.2 Å². The number of nitrogens with zero attached hydrogens (tertiary/aromatic N) is 1. The molecule has 0 saturated heterocycles. The largest absolute Gasteiger partial charge is 0.495 e. The fourth-order valence-electron chi connectivity index (χ4n) is 3.53. The predicted octanol–water partition coefficient (Wildman–Crippen LogP) is 4.14. The summed E-state index contributed by atoms with van der Waals surface area (Å²) in [5.41, 5.74) is 4.78. The number of benzene rings is 2. The van der Waals surface area contributed by atoms with E-state index in [0.717, 1.165) is 16.7 Å². The maximum Gasteiger partial charge on any atom is 0.251 e. The second-order valence-electron chi connectivity index (χ2n) is 7.44. The first-order valence-electron chi connectivity index (χ1n) is 10.1. The minimum Gasteiger partial charge on any atom is -0.495 e. The van der Waals surface area contributed by atoms with Gasteiger partial charge in [0.25, 0.3) is 5.91 Å². The number of hydrogen-bond acceptors (Lipinski definition) is 4. The molecule has 0 aliphatic carbocycles. The maximum atomic E-state index is 13.0. The quantitative estimate of drug-likeness (QED) is 0.680. The Morgan fingerprint density at radius 2 is 1.63 bits per heavy atom. The molecule has 1 N–H and O–H groups in total. The van der Waals surface area contributed by atoms with Crippen molar-refractivity contribution >= 4 is 15.9 Å². The minimum absolute atomic E-state index is 0.00337. The molecular formula is C23H32N2O4S. The molecule has 164 valence electrons. The lowest BCUT2D eigenvalue weighted by atomic mass is 9.96. The zero-order chi connectivity index (χ0) is 22.6. The lowest BCUT2D eigenvalue weighted by Gasteiger charge is -2.21. The third kappa shape index (κ3) is 4.84. The fourth-order valence-corrected chi connectivity index (χ4v) is 5.17. The van der Waals surface area contributed by atoms with Crippen LogP contribution in [-0.4, -0.2) is 38.8 Å². The van der Waals surface area contributed by atoms with Gasteiger partial charge < -0.3 is 10.1 Å². The maximum absolute atomic E-state index is 13.0. The second kappa shape index (κ2) is 9.62. The van der Waals surface area contributed by atoms with Gasteiger partial charge in [-0.1, -0.05) is 26.0 Å². The number of methoxy groups -OCH3 is 1. The van der Waals surface area contributed by atoms with Crippen LogP contribution in [0.3, 0.4) is 0 Å². The highest BCUT2D eigenvalue weighted by atomic mass is 32.2. The van der Waals surface area contributed by atoms with Crippen molar-refractivity contribution in [3.8, 4) is 5.75 Å². The molecule has 7 heteroatoms. The van der Waals surface area contributed by atoms with E-state index in [0.29, 0.717) is 13.1 Å².